The number of aromatic nitrogens is 6. The molecule has 0 amide bonds. The third-order valence-electron chi connectivity index (χ3n) is 3.87. The second kappa shape index (κ2) is 4.29. The number of fused-ring (bicyclic) bond motifs is 1. The van der Waals surface area contributed by atoms with Crippen LogP contribution in [0, 0.1) is 13.8 Å². The highest BCUT2D eigenvalue weighted by atomic mass is 15.3. The maximum absolute atomic E-state index is 5.99. The maximum Gasteiger partial charge on any atom is 0.155 e. The van der Waals surface area contributed by atoms with E-state index in [9.17, 15) is 0 Å². The molecule has 0 spiro atoms. The zero-order valence-electron chi connectivity index (χ0n) is 12.0. The topological polar surface area (TPSA) is 87.4 Å². The van der Waals surface area contributed by atoms with Crippen molar-refractivity contribution in [2.24, 2.45) is 7.05 Å². The van der Waals surface area contributed by atoms with Gasteiger partial charge in [-0.2, -0.15) is 0 Å². The van der Waals surface area contributed by atoms with E-state index < -0.39 is 0 Å². The van der Waals surface area contributed by atoms with Gasteiger partial charge in [-0.25, -0.2) is 9.97 Å². The quantitative estimate of drug-likeness (QED) is 0.760. The standard InChI is InChI=1S/C13H17N7/c1-7-8(2)20(9(3)12-18-17-6-19(12)4)13-10(7)11(14)15-5-16-13/h5-6,9H,1-4H3,(H2,14,15,16). The van der Waals surface area contributed by atoms with E-state index in [-0.39, 0.29) is 6.04 Å². The van der Waals surface area contributed by atoms with Crippen LogP contribution >= 0.6 is 0 Å². The van der Waals surface area contributed by atoms with Crippen molar-refractivity contribution in [3.05, 3.63) is 29.7 Å². The molecule has 104 valence electrons. The van der Waals surface area contributed by atoms with Gasteiger partial charge in [0.05, 0.1) is 11.4 Å². The number of aryl methyl sites for hydroxylation is 2. The van der Waals surface area contributed by atoms with Crippen LogP contribution in [-0.4, -0.2) is 29.3 Å². The van der Waals surface area contributed by atoms with Gasteiger partial charge >= 0.3 is 0 Å². The number of anilines is 1. The molecule has 1 atom stereocenters. The molecule has 1 unspecified atom stereocenters. The van der Waals surface area contributed by atoms with Gasteiger partial charge in [-0.1, -0.05) is 0 Å². The first-order chi connectivity index (χ1) is 9.52. The molecule has 0 aliphatic rings. The summed E-state index contributed by atoms with van der Waals surface area (Å²) in [5.41, 5.74) is 9.04. The fourth-order valence-electron chi connectivity index (χ4n) is 2.71. The summed E-state index contributed by atoms with van der Waals surface area (Å²) < 4.78 is 4.04. The Hall–Kier alpha value is -2.44. The molecule has 0 aliphatic heterocycles. The van der Waals surface area contributed by atoms with Gasteiger partial charge in [0, 0.05) is 12.7 Å². The smallest absolute Gasteiger partial charge is 0.155 e. The first-order valence-electron chi connectivity index (χ1n) is 6.43. The van der Waals surface area contributed by atoms with Gasteiger partial charge in [0.1, 0.15) is 24.1 Å². The normalized spacial score (nSPS) is 13.0. The molecule has 0 saturated carbocycles. The maximum atomic E-state index is 5.99. The third kappa shape index (κ3) is 1.59. The second-order valence-corrected chi connectivity index (χ2v) is 5.01. The molecular weight excluding hydrogens is 254 g/mol. The van der Waals surface area contributed by atoms with E-state index >= 15 is 0 Å². The largest absolute Gasteiger partial charge is 0.383 e. The summed E-state index contributed by atoms with van der Waals surface area (Å²) in [5, 5.41) is 9.05. The molecule has 0 bridgehead atoms. The third-order valence-corrected chi connectivity index (χ3v) is 3.87. The number of nitrogens with zero attached hydrogens (tertiary/aromatic N) is 6. The summed E-state index contributed by atoms with van der Waals surface area (Å²) in [6.45, 7) is 6.18. The van der Waals surface area contributed by atoms with E-state index in [1.54, 1.807) is 6.33 Å². The zero-order valence-corrected chi connectivity index (χ0v) is 12.0. The zero-order chi connectivity index (χ0) is 14.4. The Morgan fingerprint density at radius 3 is 2.65 bits per heavy atom. The summed E-state index contributed by atoms with van der Waals surface area (Å²) in [6.07, 6.45) is 3.19. The van der Waals surface area contributed by atoms with Crippen molar-refractivity contribution in [3.63, 3.8) is 0 Å². The highest BCUT2D eigenvalue weighted by molar-refractivity contribution is 5.90. The molecule has 7 heteroatoms. The van der Waals surface area contributed by atoms with Crippen LogP contribution in [0.1, 0.15) is 30.0 Å². The molecule has 3 rings (SSSR count). The Labute approximate surface area is 116 Å². The van der Waals surface area contributed by atoms with Crippen molar-refractivity contribution in [1.82, 2.24) is 29.3 Å². The molecule has 0 saturated heterocycles. The van der Waals surface area contributed by atoms with E-state index in [1.807, 2.05) is 18.5 Å². The first-order valence-corrected chi connectivity index (χ1v) is 6.43. The Kier molecular flexibility index (Phi) is 2.70. The Bertz CT molecular complexity index is 783. The number of hydrogen-bond acceptors (Lipinski definition) is 5. The average Bonchev–Trinajstić information content (AvgIpc) is 2.94. The van der Waals surface area contributed by atoms with Gasteiger partial charge in [-0.05, 0) is 26.3 Å². The van der Waals surface area contributed by atoms with Crippen molar-refractivity contribution in [2.75, 3.05) is 5.73 Å². The Morgan fingerprint density at radius 1 is 1.25 bits per heavy atom. The van der Waals surface area contributed by atoms with Crippen LogP contribution < -0.4 is 5.73 Å². The lowest BCUT2D eigenvalue weighted by atomic mass is 10.2. The molecular formula is C13H17N7. The summed E-state index contributed by atoms with van der Waals surface area (Å²) in [7, 11) is 1.93. The van der Waals surface area contributed by atoms with Crippen molar-refractivity contribution in [1.29, 1.82) is 0 Å². The van der Waals surface area contributed by atoms with Gasteiger partial charge in [0.2, 0.25) is 0 Å². The molecule has 3 aromatic rings. The predicted octanol–water partition coefficient (Wildman–Crippen LogP) is 1.37. The monoisotopic (exact) mass is 271 g/mol. The molecule has 20 heavy (non-hydrogen) atoms. The minimum absolute atomic E-state index is 0.0213. The second-order valence-electron chi connectivity index (χ2n) is 5.01. The van der Waals surface area contributed by atoms with E-state index in [0.717, 1.165) is 28.1 Å². The van der Waals surface area contributed by atoms with Gasteiger partial charge in [0.15, 0.2) is 5.82 Å². The fourth-order valence-corrected chi connectivity index (χ4v) is 2.71. The molecule has 7 nitrogen and oxygen atoms in total. The number of nitrogen functional groups attached to an aromatic ring is 1. The summed E-state index contributed by atoms with van der Waals surface area (Å²) in [4.78, 5) is 8.48. The van der Waals surface area contributed by atoms with Crippen molar-refractivity contribution in [2.45, 2.75) is 26.8 Å². The van der Waals surface area contributed by atoms with Crippen LogP contribution in [0.2, 0.25) is 0 Å². The number of nitrogens with two attached hydrogens (primary N) is 1. The van der Waals surface area contributed by atoms with Crippen molar-refractivity contribution in [3.8, 4) is 0 Å². The van der Waals surface area contributed by atoms with Crippen LogP contribution in [0.3, 0.4) is 0 Å². The van der Waals surface area contributed by atoms with E-state index in [0.29, 0.717) is 5.82 Å². The predicted molar refractivity (Wildman–Crippen MR) is 76.2 cm³/mol. The molecule has 0 radical (unpaired) electrons. The molecule has 3 aromatic heterocycles. The molecule has 0 fully saturated rings. The van der Waals surface area contributed by atoms with Gasteiger partial charge in [-0.15, -0.1) is 10.2 Å². The van der Waals surface area contributed by atoms with E-state index in [4.69, 9.17) is 5.73 Å². The molecule has 2 N–H and O–H groups in total. The minimum atomic E-state index is 0.0213. The van der Waals surface area contributed by atoms with E-state index in [2.05, 4.69) is 38.6 Å². The Morgan fingerprint density at radius 2 is 2.00 bits per heavy atom. The van der Waals surface area contributed by atoms with Crippen molar-refractivity contribution >= 4 is 16.9 Å². The first kappa shape index (κ1) is 12.6. The van der Waals surface area contributed by atoms with E-state index in [1.165, 1.54) is 6.33 Å². The fraction of sp³-hybridized carbons (Fsp3) is 0.385. The highest BCUT2D eigenvalue weighted by Gasteiger charge is 2.22. The Balaban J connectivity index is 2.30. The number of rotatable bonds is 2. The van der Waals surface area contributed by atoms with Crippen molar-refractivity contribution < 1.29 is 0 Å². The lowest BCUT2D eigenvalue weighted by Gasteiger charge is -2.16. The van der Waals surface area contributed by atoms with Crippen LogP contribution in [0.4, 0.5) is 5.82 Å². The van der Waals surface area contributed by atoms with Crippen LogP contribution in [-0.2, 0) is 7.05 Å². The number of hydrogen-bond donors (Lipinski definition) is 1. The van der Waals surface area contributed by atoms with Gasteiger partial charge in [-0.3, -0.25) is 0 Å². The summed E-state index contributed by atoms with van der Waals surface area (Å²) >= 11 is 0. The highest BCUT2D eigenvalue weighted by Crippen LogP contribution is 2.31. The average molecular weight is 271 g/mol. The molecule has 0 aromatic carbocycles. The lowest BCUT2D eigenvalue weighted by molar-refractivity contribution is 0.575. The molecule has 0 aliphatic carbocycles. The molecule has 3 heterocycles. The van der Waals surface area contributed by atoms with Gasteiger partial charge in [0.25, 0.3) is 0 Å². The summed E-state index contributed by atoms with van der Waals surface area (Å²) in [5.74, 6) is 1.39. The van der Waals surface area contributed by atoms with Gasteiger partial charge < -0.3 is 14.9 Å². The SMILES string of the molecule is Cc1c(C)n(C(C)c2nncn2C)c2ncnc(N)c12. The lowest BCUT2D eigenvalue weighted by Crippen LogP contribution is -2.14. The van der Waals surface area contributed by atoms with Crippen LogP contribution in [0.25, 0.3) is 11.0 Å². The van der Waals surface area contributed by atoms with Crippen LogP contribution in [0.15, 0.2) is 12.7 Å². The summed E-state index contributed by atoms with van der Waals surface area (Å²) in [6, 6.07) is 0.0213. The van der Waals surface area contributed by atoms with Crippen LogP contribution in [0.5, 0.6) is 0 Å². The minimum Gasteiger partial charge on any atom is -0.383 e.